The number of fused-ring (bicyclic) bond motifs is 1. The smallest absolute Gasteiger partial charge is 0.268 e. The van der Waals surface area contributed by atoms with Gasteiger partial charge >= 0.3 is 0 Å². The minimum absolute atomic E-state index is 0.0398. The zero-order valence-electron chi connectivity index (χ0n) is 13.4. The molecule has 3 aliphatic carbocycles. The molecule has 1 aromatic carbocycles. The SMILES string of the molecule is C[N+]1=NC(c2c(C(=O)NC34CC(C3)C4)[nH]c3c(Cl)cccc23)=CC1. The first-order valence-corrected chi connectivity index (χ1v) is 8.68. The largest absolute Gasteiger partial charge is 0.349 e. The van der Waals surface area contributed by atoms with Crippen molar-refractivity contribution >= 4 is 34.1 Å². The Balaban J connectivity index is 1.63. The van der Waals surface area contributed by atoms with Gasteiger partial charge in [0.15, 0.2) is 13.6 Å². The molecular formula is C18H18ClN4O+. The standard InChI is InChI=1S/C18H17ClN4O/c1-23-6-5-13(22-23)14-11-3-2-4-12(19)15(11)20-16(14)17(24)21-18-7-10(8-18)9-18/h2-5,10H,6-9H2,1H3,(H-,20,21,24)/p+1. The Kier molecular flexibility index (Phi) is 2.78. The molecule has 3 saturated carbocycles. The van der Waals surface area contributed by atoms with Crippen LogP contribution in [0.5, 0.6) is 0 Å². The summed E-state index contributed by atoms with van der Waals surface area (Å²) in [6, 6.07) is 5.73. The van der Waals surface area contributed by atoms with Crippen LogP contribution in [0.15, 0.2) is 29.4 Å². The molecule has 1 aromatic heterocycles. The number of hydrogen-bond acceptors (Lipinski definition) is 2. The minimum Gasteiger partial charge on any atom is -0.349 e. The molecule has 0 radical (unpaired) electrons. The molecule has 4 aliphatic rings. The fraction of sp³-hybridized carbons (Fsp3) is 0.389. The Hall–Kier alpha value is -2.14. The van der Waals surface area contributed by atoms with Gasteiger partial charge in [-0.25, -0.2) is 0 Å². The van der Waals surface area contributed by atoms with Gasteiger partial charge in [0.2, 0.25) is 0 Å². The van der Waals surface area contributed by atoms with E-state index in [-0.39, 0.29) is 11.4 Å². The zero-order chi connectivity index (χ0) is 16.5. The highest BCUT2D eigenvalue weighted by atomic mass is 35.5. The Morgan fingerprint density at radius 3 is 2.83 bits per heavy atom. The molecule has 1 aliphatic heterocycles. The summed E-state index contributed by atoms with van der Waals surface area (Å²) in [7, 11) is 1.92. The quantitative estimate of drug-likeness (QED) is 0.824. The Bertz CT molecular complexity index is 938. The van der Waals surface area contributed by atoms with Crippen molar-refractivity contribution in [1.82, 2.24) is 10.3 Å². The number of nitrogens with one attached hydrogen (secondary N) is 2. The van der Waals surface area contributed by atoms with Crippen LogP contribution in [0, 0.1) is 5.92 Å². The first-order chi connectivity index (χ1) is 11.5. The number of para-hydroxylation sites is 1. The van der Waals surface area contributed by atoms with Crippen LogP contribution in [-0.4, -0.2) is 34.7 Å². The van der Waals surface area contributed by atoms with Crippen molar-refractivity contribution in [3.63, 3.8) is 0 Å². The number of aromatic amines is 1. The molecule has 2 aromatic rings. The average Bonchev–Trinajstić information content (AvgIpc) is 3.05. The third-order valence-electron chi connectivity index (χ3n) is 5.51. The highest BCUT2D eigenvalue weighted by molar-refractivity contribution is 6.35. The third-order valence-corrected chi connectivity index (χ3v) is 5.83. The summed E-state index contributed by atoms with van der Waals surface area (Å²) in [5.41, 5.74) is 3.07. The molecular weight excluding hydrogens is 324 g/mol. The van der Waals surface area contributed by atoms with Crippen molar-refractivity contribution in [3.8, 4) is 0 Å². The van der Waals surface area contributed by atoms with Crippen molar-refractivity contribution in [2.45, 2.75) is 24.8 Å². The van der Waals surface area contributed by atoms with E-state index in [4.69, 9.17) is 11.6 Å². The third kappa shape index (κ3) is 1.91. The minimum atomic E-state index is -0.0546. The van der Waals surface area contributed by atoms with Crippen molar-refractivity contribution in [2.75, 3.05) is 13.6 Å². The maximum absolute atomic E-state index is 12.9. The van der Waals surface area contributed by atoms with E-state index in [1.807, 2.05) is 36.0 Å². The van der Waals surface area contributed by atoms with Crippen molar-refractivity contribution in [1.29, 1.82) is 0 Å². The Morgan fingerprint density at radius 2 is 2.21 bits per heavy atom. The van der Waals surface area contributed by atoms with Crippen LogP contribution in [0.25, 0.3) is 16.6 Å². The lowest BCUT2D eigenvalue weighted by Crippen LogP contribution is -2.68. The highest BCUT2D eigenvalue weighted by Gasteiger charge is 2.57. The Labute approximate surface area is 144 Å². The van der Waals surface area contributed by atoms with Crippen molar-refractivity contribution < 1.29 is 9.49 Å². The summed E-state index contributed by atoms with van der Waals surface area (Å²) in [4.78, 5) is 16.2. The van der Waals surface area contributed by atoms with Gasteiger partial charge in [0.1, 0.15) is 11.4 Å². The molecule has 6 rings (SSSR count). The molecule has 3 fully saturated rings. The van der Waals surface area contributed by atoms with E-state index in [1.165, 1.54) is 0 Å². The molecule has 122 valence electrons. The zero-order valence-corrected chi connectivity index (χ0v) is 14.2. The molecule has 0 unspecified atom stereocenters. The number of amides is 1. The van der Waals surface area contributed by atoms with Crippen LogP contribution in [0.2, 0.25) is 5.02 Å². The van der Waals surface area contributed by atoms with Crippen LogP contribution in [0.4, 0.5) is 0 Å². The number of rotatable bonds is 3. The van der Waals surface area contributed by atoms with Gasteiger partial charge in [-0.1, -0.05) is 23.7 Å². The van der Waals surface area contributed by atoms with E-state index in [0.717, 1.165) is 53.9 Å². The fourth-order valence-corrected chi connectivity index (χ4v) is 4.41. The molecule has 24 heavy (non-hydrogen) atoms. The molecule has 2 heterocycles. The molecule has 0 spiro atoms. The number of benzene rings is 1. The first kappa shape index (κ1) is 14.2. The number of aromatic nitrogens is 1. The first-order valence-electron chi connectivity index (χ1n) is 8.31. The van der Waals surface area contributed by atoms with Gasteiger partial charge in [0.05, 0.1) is 10.5 Å². The van der Waals surface area contributed by atoms with Crippen LogP contribution < -0.4 is 5.32 Å². The lowest BCUT2D eigenvalue weighted by molar-refractivity contribution is -0.546. The second-order valence-electron chi connectivity index (χ2n) is 7.28. The van der Waals surface area contributed by atoms with Crippen LogP contribution in [-0.2, 0) is 0 Å². The van der Waals surface area contributed by atoms with Gasteiger partial charge in [0.25, 0.3) is 5.91 Å². The summed E-state index contributed by atoms with van der Waals surface area (Å²) >= 11 is 6.34. The summed E-state index contributed by atoms with van der Waals surface area (Å²) in [6.45, 7) is 0.745. The second kappa shape index (κ2) is 4.70. The van der Waals surface area contributed by atoms with Gasteiger partial charge in [-0.2, -0.15) is 0 Å². The topological polar surface area (TPSA) is 60.3 Å². The van der Waals surface area contributed by atoms with Crippen molar-refractivity contribution in [3.05, 3.63) is 40.6 Å². The average molecular weight is 342 g/mol. The van der Waals surface area contributed by atoms with Gasteiger partial charge in [-0.3, -0.25) is 4.79 Å². The van der Waals surface area contributed by atoms with Gasteiger partial charge in [0, 0.05) is 22.6 Å². The fourth-order valence-electron chi connectivity index (χ4n) is 4.19. The maximum Gasteiger partial charge on any atom is 0.268 e. The normalized spacial score (nSPS) is 27.3. The maximum atomic E-state index is 12.9. The predicted molar refractivity (Wildman–Crippen MR) is 92.3 cm³/mol. The summed E-state index contributed by atoms with van der Waals surface area (Å²) < 4.78 is 1.86. The number of halogens is 1. The number of H-pyrrole nitrogens is 1. The van der Waals surface area contributed by atoms with E-state index >= 15 is 0 Å². The molecule has 2 N–H and O–H groups in total. The van der Waals surface area contributed by atoms with E-state index in [0.29, 0.717) is 10.7 Å². The van der Waals surface area contributed by atoms with Crippen LogP contribution >= 0.6 is 11.6 Å². The van der Waals surface area contributed by atoms with Gasteiger partial charge in [-0.05, 0) is 36.4 Å². The van der Waals surface area contributed by atoms with E-state index in [1.54, 1.807) is 0 Å². The van der Waals surface area contributed by atoms with E-state index in [2.05, 4.69) is 15.4 Å². The summed E-state index contributed by atoms with van der Waals surface area (Å²) in [5.74, 6) is 0.768. The number of azo groups is 2. The van der Waals surface area contributed by atoms with Gasteiger partial charge in [-0.15, -0.1) is 4.70 Å². The van der Waals surface area contributed by atoms with Crippen LogP contribution in [0.3, 0.4) is 0 Å². The van der Waals surface area contributed by atoms with Crippen molar-refractivity contribution in [2.24, 2.45) is 11.0 Å². The lowest BCUT2D eigenvalue weighted by atomic mass is 9.50. The monoisotopic (exact) mass is 341 g/mol. The number of carbonyl (C=O) groups excluding carboxylic acids is 1. The summed E-state index contributed by atoms with van der Waals surface area (Å²) in [6.07, 6.45) is 5.39. The molecule has 0 saturated heterocycles. The number of hydrogen-bond donors (Lipinski definition) is 2. The molecule has 6 heteroatoms. The molecule has 5 nitrogen and oxygen atoms in total. The molecule has 2 bridgehead atoms. The molecule has 1 amide bonds. The Morgan fingerprint density at radius 1 is 1.42 bits per heavy atom. The number of likely N-dealkylation sites (N-methyl/N-ethyl adjacent to an activating group) is 1. The second-order valence-corrected chi connectivity index (χ2v) is 7.69. The van der Waals surface area contributed by atoms with E-state index < -0.39 is 0 Å². The van der Waals surface area contributed by atoms with E-state index in [9.17, 15) is 4.79 Å². The number of nitrogens with zero attached hydrogens (tertiary/aromatic N) is 2. The number of carbonyl (C=O) groups is 1. The lowest BCUT2D eigenvalue weighted by Gasteiger charge is -2.61. The molecule has 0 atom stereocenters. The van der Waals surface area contributed by atoms with Crippen LogP contribution in [0.1, 0.15) is 35.3 Å². The van der Waals surface area contributed by atoms with Gasteiger partial charge < -0.3 is 10.3 Å². The highest BCUT2D eigenvalue weighted by Crippen LogP contribution is 2.57. The predicted octanol–water partition coefficient (Wildman–Crippen LogP) is 3.55. The summed E-state index contributed by atoms with van der Waals surface area (Å²) in [5, 5.41) is 9.34.